The van der Waals surface area contributed by atoms with Crippen LogP contribution in [0.4, 0.5) is 0 Å². The van der Waals surface area contributed by atoms with Gasteiger partial charge >= 0.3 is 0 Å². The molecule has 0 heterocycles. The predicted molar refractivity (Wildman–Crippen MR) is 112 cm³/mol. The van der Waals surface area contributed by atoms with Crippen molar-refractivity contribution in [2.24, 2.45) is 5.10 Å². The number of hydrogen-bond acceptors (Lipinski definition) is 4. The first kappa shape index (κ1) is 19.4. The summed E-state index contributed by atoms with van der Waals surface area (Å²) >= 11 is 0. The largest absolute Gasteiger partial charge is 0.497 e. The fourth-order valence-corrected chi connectivity index (χ4v) is 2.85. The Bertz CT molecular complexity index is 982. The number of carbonyl (C=O) groups is 1. The number of benzene rings is 3. The van der Waals surface area contributed by atoms with E-state index in [1.54, 1.807) is 37.6 Å². The normalized spacial score (nSPS) is 10.9. The molecule has 3 rings (SSSR count). The van der Waals surface area contributed by atoms with Gasteiger partial charge in [-0.1, -0.05) is 49.7 Å². The van der Waals surface area contributed by atoms with Crippen LogP contribution >= 0.6 is 0 Å². The minimum atomic E-state index is -0.302. The van der Waals surface area contributed by atoms with E-state index in [9.17, 15) is 4.79 Å². The van der Waals surface area contributed by atoms with Crippen molar-refractivity contribution in [3.8, 4) is 11.5 Å². The number of fused-ring (bicyclic) bond motifs is 1. The summed E-state index contributed by atoms with van der Waals surface area (Å²) in [4.78, 5) is 12.4. The zero-order valence-electron chi connectivity index (χ0n) is 16.1. The van der Waals surface area contributed by atoms with Crippen LogP contribution in [0.25, 0.3) is 10.8 Å². The Hall–Kier alpha value is -3.34. The standard InChI is InChI=1S/C23H24N2O3/c1-3-4-14-28-22-13-12-17-8-5-6-11-20(17)21(22)16-24-25-23(26)18-9-7-10-19(15-18)27-2/h5-13,15-16H,3-4,14H2,1-2H3,(H,25,26)/b24-16-. The van der Waals surface area contributed by atoms with Gasteiger partial charge in [0.05, 0.1) is 19.9 Å². The number of nitrogens with one attached hydrogen (secondary N) is 1. The smallest absolute Gasteiger partial charge is 0.271 e. The van der Waals surface area contributed by atoms with Gasteiger partial charge in [-0.3, -0.25) is 4.79 Å². The number of methoxy groups -OCH3 is 1. The molecule has 0 aliphatic heterocycles. The first-order valence-corrected chi connectivity index (χ1v) is 9.35. The van der Waals surface area contributed by atoms with Gasteiger partial charge in [0.25, 0.3) is 5.91 Å². The summed E-state index contributed by atoms with van der Waals surface area (Å²) in [6.45, 7) is 2.77. The molecule has 3 aromatic carbocycles. The van der Waals surface area contributed by atoms with E-state index in [4.69, 9.17) is 9.47 Å². The average Bonchev–Trinajstić information content (AvgIpc) is 2.74. The van der Waals surface area contributed by atoms with Crippen LogP contribution in [0, 0.1) is 0 Å². The summed E-state index contributed by atoms with van der Waals surface area (Å²) in [6, 6.07) is 18.9. The molecule has 0 aliphatic carbocycles. The van der Waals surface area contributed by atoms with E-state index in [2.05, 4.69) is 17.5 Å². The van der Waals surface area contributed by atoms with E-state index in [1.165, 1.54) is 0 Å². The van der Waals surface area contributed by atoms with Crippen LogP contribution in [0.1, 0.15) is 35.7 Å². The van der Waals surface area contributed by atoms with Crippen LogP contribution in [0.3, 0.4) is 0 Å². The number of hydrogen-bond donors (Lipinski definition) is 1. The Labute approximate surface area is 165 Å². The van der Waals surface area contributed by atoms with Crippen molar-refractivity contribution in [1.29, 1.82) is 0 Å². The Morgan fingerprint density at radius 3 is 2.79 bits per heavy atom. The molecule has 5 heteroatoms. The lowest BCUT2D eigenvalue weighted by atomic mass is 10.0. The van der Waals surface area contributed by atoms with E-state index in [1.807, 2.05) is 36.4 Å². The molecular formula is C23H24N2O3. The third-order valence-electron chi connectivity index (χ3n) is 4.38. The summed E-state index contributed by atoms with van der Waals surface area (Å²) in [7, 11) is 1.57. The maximum atomic E-state index is 12.4. The summed E-state index contributed by atoms with van der Waals surface area (Å²) in [5, 5.41) is 6.28. The van der Waals surface area contributed by atoms with Gasteiger partial charge in [-0.15, -0.1) is 0 Å². The molecule has 0 radical (unpaired) electrons. The van der Waals surface area contributed by atoms with Crippen LogP contribution in [-0.2, 0) is 0 Å². The topological polar surface area (TPSA) is 59.9 Å². The molecular weight excluding hydrogens is 352 g/mol. The quantitative estimate of drug-likeness (QED) is 0.349. The molecule has 0 atom stereocenters. The van der Waals surface area contributed by atoms with Crippen LogP contribution in [-0.4, -0.2) is 25.8 Å². The van der Waals surface area contributed by atoms with Crippen LogP contribution in [0.15, 0.2) is 65.8 Å². The number of rotatable bonds is 8. The lowest BCUT2D eigenvalue weighted by molar-refractivity contribution is 0.0954. The highest BCUT2D eigenvalue weighted by Crippen LogP contribution is 2.27. The number of carbonyl (C=O) groups excluding carboxylic acids is 1. The van der Waals surface area contributed by atoms with Crippen molar-refractivity contribution in [3.63, 3.8) is 0 Å². The molecule has 5 nitrogen and oxygen atoms in total. The minimum Gasteiger partial charge on any atom is -0.497 e. The number of hydrazone groups is 1. The zero-order chi connectivity index (χ0) is 19.8. The highest BCUT2D eigenvalue weighted by atomic mass is 16.5. The Balaban J connectivity index is 1.82. The fraction of sp³-hybridized carbons (Fsp3) is 0.217. The van der Waals surface area contributed by atoms with Crippen molar-refractivity contribution in [1.82, 2.24) is 5.43 Å². The molecule has 3 aromatic rings. The zero-order valence-corrected chi connectivity index (χ0v) is 16.1. The second-order valence-corrected chi connectivity index (χ2v) is 6.33. The van der Waals surface area contributed by atoms with E-state index >= 15 is 0 Å². The van der Waals surface area contributed by atoms with Gasteiger partial charge in [-0.25, -0.2) is 5.43 Å². The van der Waals surface area contributed by atoms with Crippen molar-refractivity contribution in [2.45, 2.75) is 19.8 Å². The summed E-state index contributed by atoms with van der Waals surface area (Å²) in [5.41, 5.74) is 3.91. The van der Waals surface area contributed by atoms with Crippen molar-refractivity contribution in [3.05, 3.63) is 71.8 Å². The molecule has 0 spiro atoms. The lowest BCUT2D eigenvalue weighted by Crippen LogP contribution is -2.17. The van der Waals surface area contributed by atoms with Gasteiger partial charge in [-0.2, -0.15) is 5.10 Å². The molecule has 28 heavy (non-hydrogen) atoms. The van der Waals surface area contributed by atoms with E-state index in [0.717, 1.165) is 34.9 Å². The number of amides is 1. The maximum Gasteiger partial charge on any atom is 0.271 e. The molecule has 0 aromatic heterocycles. The number of unbranched alkanes of at least 4 members (excludes halogenated alkanes) is 1. The van der Waals surface area contributed by atoms with Gasteiger partial charge in [0.1, 0.15) is 11.5 Å². The van der Waals surface area contributed by atoms with Crippen LogP contribution in [0.2, 0.25) is 0 Å². The van der Waals surface area contributed by atoms with Gasteiger partial charge in [-0.05, 0) is 41.5 Å². The first-order chi connectivity index (χ1) is 13.7. The highest BCUT2D eigenvalue weighted by molar-refractivity contribution is 6.03. The van der Waals surface area contributed by atoms with Crippen molar-refractivity contribution >= 4 is 22.9 Å². The van der Waals surface area contributed by atoms with Gasteiger partial charge in [0.15, 0.2) is 0 Å². The second kappa shape index (κ2) is 9.55. The minimum absolute atomic E-state index is 0.302. The molecule has 0 saturated carbocycles. The fourth-order valence-electron chi connectivity index (χ4n) is 2.85. The molecule has 1 amide bonds. The van der Waals surface area contributed by atoms with E-state index in [0.29, 0.717) is 17.9 Å². The van der Waals surface area contributed by atoms with Crippen LogP contribution < -0.4 is 14.9 Å². The lowest BCUT2D eigenvalue weighted by Gasteiger charge is -2.11. The molecule has 0 aliphatic rings. The van der Waals surface area contributed by atoms with E-state index in [-0.39, 0.29) is 5.91 Å². The highest BCUT2D eigenvalue weighted by Gasteiger charge is 2.08. The third kappa shape index (κ3) is 4.68. The SMILES string of the molecule is CCCCOc1ccc2ccccc2c1/C=N\NC(=O)c1cccc(OC)c1. The summed E-state index contributed by atoms with van der Waals surface area (Å²) in [5.74, 6) is 1.08. The molecule has 0 saturated heterocycles. The molecule has 0 fully saturated rings. The predicted octanol–water partition coefficient (Wildman–Crippen LogP) is 4.79. The van der Waals surface area contributed by atoms with Gasteiger partial charge in [0, 0.05) is 11.1 Å². The molecule has 0 bridgehead atoms. The third-order valence-corrected chi connectivity index (χ3v) is 4.38. The summed E-state index contributed by atoms with van der Waals surface area (Å²) < 4.78 is 11.1. The molecule has 1 N–H and O–H groups in total. The Morgan fingerprint density at radius 2 is 1.96 bits per heavy atom. The molecule has 144 valence electrons. The summed E-state index contributed by atoms with van der Waals surface area (Å²) in [6.07, 6.45) is 3.69. The Morgan fingerprint density at radius 1 is 1.11 bits per heavy atom. The van der Waals surface area contributed by atoms with Crippen LogP contribution in [0.5, 0.6) is 11.5 Å². The number of nitrogens with zero attached hydrogens (tertiary/aromatic N) is 1. The maximum absolute atomic E-state index is 12.4. The number of ether oxygens (including phenoxy) is 2. The van der Waals surface area contributed by atoms with Gasteiger partial charge in [0.2, 0.25) is 0 Å². The van der Waals surface area contributed by atoms with Crippen molar-refractivity contribution in [2.75, 3.05) is 13.7 Å². The van der Waals surface area contributed by atoms with Crippen molar-refractivity contribution < 1.29 is 14.3 Å². The monoisotopic (exact) mass is 376 g/mol. The average molecular weight is 376 g/mol. The second-order valence-electron chi connectivity index (χ2n) is 6.33. The van der Waals surface area contributed by atoms with E-state index < -0.39 is 0 Å². The van der Waals surface area contributed by atoms with Gasteiger partial charge < -0.3 is 9.47 Å². The first-order valence-electron chi connectivity index (χ1n) is 9.35. The Kier molecular flexibility index (Phi) is 6.63. The molecule has 0 unspecified atom stereocenters.